The number of carbonyl (C=O) groups is 1. The Hall–Kier alpha value is -1.42. The first kappa shape index (κ1) is 10.7. The predicted octanol–water partition coefficient (Wildman–Crippen LogP) is 2.78. The summed E-state index contributed by atoms with van der Waals surface area (Å²) in [5, 5.41) is 7.72. The van der Waals surface area contributed by atoms with Gasteiger partial charge < -0.3 is 5.11 Å². The molecule has 1 heterocycles. The molecule has 3 nitrogen and oxygen atoms in total. The van der Waals surface area contributed by atoms with E-state index in [1.165, 1.54) is 4.70 Å². The normalized spacial score (nSPS) is 9.21. The van der Waals surface area contributed by atoms with E-state index in [4.69, 9.17) is 5.11 Å². The summed E-state index contributed by atoms with van der Waals surface area (Å²) >= 11 is 1.68. The zero-order valence-electron chi connectivity index (χ0n) is 7.80. The standard InChI is InChI=1S/C7H5NS.C3H6O2/c1-2-4-7-6(3-1)8-5-9-7;1-2-3(4)5/h1-5H;2H2,1H3,(H,4,5). The van der Waals surface area contributed by atoms with E-state index in [0.29, 0.717) is 0 Å². The minimum Gasteiger partial charge on any atom is -0.481 e. The first-order valence-electron chi connectivity index (χ1n) is 4.24. The summed E-state index contributed by atoms with van der Waals surface area (Å²) in [6.07, 6.45) is 0.222. The summed E-state index contributed by atoms with van der Waals surface area (Å²) in [5.74, 6) is -0.745. The second-order valence-electron chi connectivity index (χ2n) is 2.57. The van der Waals surface area contributed by atoms with Crippen LogP contribution in [-0.4, -0.2) is 16.1 Å². The minimum atomic E-state index is -0.745. The van der Waals surface area contributed by atoms with Crippen molar-refractivity contribution in [1.82, 2.24) is 4.98 Å². The number of hydrogen-bond acceptors (Lipinski definition) is 3. The number of carboxylic acids is 1. The molecule has 74 valence electrons. The molecular formula is C10H11NO2S. The molecule has 1 aromatic carbocycles. The molecule has 2 rings (SSSR count). The van der Waals surface area contributed by atoms with Gasteiger partial charge in [0.05, 0.1) is 15.7 Å². The van der Waals surface area contributed by atoms with E-state index in [-0.39, 0.29) is 6.42 Å². The van der Waals surface area contributed by atoms with Crippen molar-refractivity contribution >= 4 is 27.5 Å². The van der Waals surface area contributed by atoms with Crippen molar-refractivity contribution in [3.05, 3.63) is 29.8 Å². The number of carboxylic acid groups (broad SMARTS) is 1. The number of benzene rings is 1. The number of rotatable bonds is 1. The fourth-order valence-corrected chi connectivity index (χ4v) is 1.48. The number of aliphatic carboxylic acids is 1. The van der Waals surface area contributed by atoms with E-state index >= 15 is 0 Å². The van der Waals surface area contributed by atoms with Crippen LogP contribution in [0.2, 0.25) is 0 Å². The molecular weight excluding hydrogens is 198 g/mol. The molecule has 0 spiro atoms. The van der Waals surface area contributed by atoms with Crippen LogP contribution in [0, 0.1) is 0 Å². The van der Waals surface area contributed by atoms with Gasteiger partial charge in [-0.1, -0.05) is 19.1 Å². The second kappa shape index (κ2) is 5.34. The molecule has 2 aromatic rings. The van der Waals surface area contributed by atoms with Gasteiger partial charge in [-0.3, -0.25) is 4.79 Å². The molecule has 14 heavy (non-hydrogen) atoms. The van der Waals surface area contributed by atoms with Gasteiger partial charge in [0.1, 0.15) is 0 Å². The Morgan fingerprint density at radius 2 is 2.14 bits per heavy atom. The highest BCUT2D eigenvalue weighted by molar-refractivity contribution is 7.16. The molecule has 0 amide bonds. The largest absolute Gasteiger partial charge is 0.481 e. The van der Waals surface area contributed by atoms with Gasteiger partial charge in [0.15, 0.2) is 0 Å². The number of nitrogens with zero attached hydrogens (tertiary/aromatic N) is 1. The van der Waals surface area contributed by atoms with Crippen LogP contribution in [0.3, 0.4) is 0 Å². The highest BCUT2D eigenvalue weighted by Crippen LogP contribution is 2.15. The maximum atomic E-state index is 9.37. The summed E-state index contributed by atoms with van der Waals surface area (Å²) in [6.45, 7) is 1.60. The van der Waals surface area contributed by atoms with Gasteiger partial charge in [0.25, 0.3) is 0 Å². The quantitative estimate of drug-likeness (QED) is 0.785. The average Bonchev–Trinajstić information content (AvgIpc) is 2.66. The van der Waals surface area contributed by atoms with Gasteiger partial charge in [-0.15, -0.1) is 11.3 Å². The summed E-state index contributed by atoms with van der Waals surface area (Å²) in [4.78, 5) is 13.5. The maximum absolute atomic E-state index is 9.37. The van der Waals surface area contributed by atoms with Crippen molar-refractivity contribution in [2.24, 2.45) is 0 Å². The van der Waals surface area contributed by atoms with Gasteiger partial charge >= 0.3 is 5.97 Å². The van der Waals surface area contributed by atoms with E-state index in [1.54, 1.807) is 18.3 Å². The van der Waals surface area contributed by atoms with Crippen molar-refractivity contribution in [2.45, 2.75) is 13.3 Å². The maximum Gasteiger partial charge on any atom is 0.303 e. The van der Waals surface area contributed by atoms with Crippen molar-refractivity contribution < 1.29 is 9.90 Å². The third-order valence-corrected chi connectivity index (χ3v) is 2.35. The Bertz CT molecular complexity index is 381. The zero-order chi connectivity index (χ0) is 10.4. The number of thiazole rings is 1. The summed E-state index contributed by atoms with van der Waals surface area (Å²) in [6, 6.07) is 8.13. The Labute approximate surface area is 86.0 Å². The van der Waals surface area contributed by atoms with E-state index in [9.17, 15) is 4.79 Å². The molecule has 0 saturated carbocycles. The van der Waals surface area contributed by atoms with E-state index < -0.39 is 5.97 Å². The van der Waals surface area contributed by atoms with Crippen LogP contribution in [0.5, 0.6) is 0 Å². The van der Waals surface area contributed by atoms with Gasteiger partial charge in [0.2, 0.25) is 0 Å². The first-order valence-corrected chi connectivity index (χ1v) is 5.12. The summed E-state index contributed by atoms with van der Waals surface area (Å²) < 4.78 is 1.26. The molecule has 0 aliphatic heterocycles. The third-order valence-electron chi connectivity index (χ3n) is 1.54. The molecule has 0 unspecified atom stereocenters. The monoisotopic (exact) mass is 209 g/mol. The number of aromatic nitrogens is 1. The third kappa shape index (κ3) is 3.14. The van der Waals surface area contributed by atoms with Crippen molar-refractivity contribution in [3.63, 3.8) is 0 Å². The molecule has 0 aliphatic carbocycles. The second-order valence-corrected chi connectivity index (χ2v) is 3.45. The smallest absolute Gasteiger partial charge is 0.303 e. The lowest BCUT2D eigenvalue weighted by Crippen LogP contribution is -1.86. The molecule has 0 fully saturated rings. The Morgan fingerprint density at radius 3 is 2.71 bits per heavy atom. The van der Waals surface area contributed by atoms with E-state index in [2.05, 4.69) is 11.1 Å². The van der Waals surface area contributed by atoms with Crippen molar-refractivity contribution in [1.29, 1.82) is 0 Å². The van der Waals surface area contributed by atoms with Crippen molar-refractivity contribution in [2.75, 3.05) is 0 Å². The Kier molecular flexibility index (Phi) is 4.07. The molecule has 0 radical (unpaired) electrons. The highest BCUT2D eigenvalue weighted by atomic mass is 32.1. The molecule has 0 atom stereocenters. The lowest BCUT2D eigenvalue weighted by Gasteiger charge is -1.80. The summed E-state index contributed by atoms with van der Waals surface area (Å²) in [5.41, 5.74) is 2.97. The zero-order valence-corrected chi connectivity index (χ0v) is 8.62. The lowest BCUT2D eigenvalue weighted by atomic mass is 10.3. The van der Waals surface area contributed by atoms with Crippen LogP contribution in [0.4, 0.5) is 0 Å². The van der Waals surface area contributed by atoms with Gasteiger partial charge in [-0.05, 0) is 12.1 Å². The molecule has 1 aromatic heterocycles. The number of fused-ring (bicyclic) bond motifs is 1. The topological polar surface area (TPSA) is 50.2 Å². The molecule has 4 heteroatoms. The van der Waals surface area contributed by atoms with Gasteiger partial charge in [-0.2, -0.15) is 0 Å². The average molecular weight is 209 g/mol. The van der Waals surface area contributed by atoms with Crippen LogP contribution >= 0.6 is 11.3 Å². The Balaban J connectivity index is 0.000000171. The fourth-order valence-electron chi connectivity index (χ4n) is 0.803. The Morgan fingerprint density at radius 1 is 1.50 bits per heavy atom. The predicted molar refractivity (Wildman–Crippen MR) is 57.5 cm³/mol. The number of para-hydroxylation sites is 1. The van der Waals surface area contributed by atoms with Gasteiger partial charge in [-0.25, -0.2) is 4.98 Å². The fraction of sp³-hybridized carbons (Fsp3) is 0.200. The lowest BCUT2D eigenvalue weighted by molar-refractivity contribution is -0.136. The minimum absolute atomic E-state index is 0.222. The van der Waals surface area contributed by atoms with Crippen LogP contribution in [0.25, 0.3) is 10.2 Å². The van der Waals surface area contributed by atoms with E-state index in [0.717, 1.165) is 5.52 Å². The molecule has 0 bridgehead atoms. The molecule has 0 aliphatic rings. The van der Waals surface area contributed by atoms with Crippen LogP contribution < -0.4 is 0 Å². The van der Waals surface area contributed by atoms with E-state index in [1.807, 2.05) is 23.7 Å². The van der Waals surface area contributed by atoms with Gasteiger partial charge in [0, 0.05) is 6.42 Å². The highest BCUT2D eigenvalue weighted by Gasteiger charge is 1.89. The molecule has 1 N–H and O–H groups in total. The summed E-state index contributed by atoms with van der Waals surface area (Å²) in [7, 11) is 0. The number of hydrogen-bond donors (Lipinski definition) is 1. The first-order chi connectivity index (χ1) is 6.74. The van der Waals surface area contributed by atoms with Crippen LogP contribution in [-0.2, 0) is 4.79 Å². The van der Waals surface area contributed by atoms with Crippen LogP contribution in [0.1, 0.15) is 13.3 Å². The SMILES string of the molecule is CCC(=O)O.c1ccc2scnc2c1. The molecule has 0 saturated heterocycles. The van der Waals surface area contributed by atoms with Crippen molar-refractivity contribution in [3.8, 4) is 0 Å². The van der Waals surface area contributed by atoms with Crippen LogP contribution in [0.15, 0.2) is 29.8 Å².